The Kier molecular flexibility index (Phi) is 4.73. The number of para-hydroxylation sites is 1. The summed E-state index contributed by atoms with van der Waals surface area (Å²) in [7, 11) is 2.04. The van der Waals surface area contributed by atoms with Crippen LogP contribution in [0.3, 0.4) is 0 Å². The van der Waals surface area contributed by atoms with E-state index in [1.54, 1.807) is 6.20 Å². The summed E-state index contributed by atoms with van der Waals surface area (Å²) in [6.45, 7) is 1.78. The van der Waals surface area contributed by atoms with Crippen molar-refractivity contribution in [2.75, 3.05) is 29.9 Å². The highest BCUT2D eigenvalue weighted by molar-refractivity contribution is 5.63. The number of hydrogen-bond donors (Lipinski definition) is 0. The minimum Gasteiger partial charge on any atom is -0.358 e. The molecule has 0 fully saturated rings. The van der Waals surface area contributed by atoms with Crippen molar-refractivity contribution in [3.63, 3.8) is 0 Å². The zero-order chi connectivity index (χ0) is 17.8. The van der Waals surface area contributed by atoms with E-state index in [4.69, 9.17) is 4.98 Å². The highest BCUT2D eigenvalue weighted by atomic mass is 15.3. The van der Waals surface area contributed by atoms with E-state index >= 15 is 0 Å². The quantitative estimate of drug-likeness (QED) is 0.708. The lowest BCUT2D eigenvalue weighted by Crippen LogP contribution is -2.28. The van der Waals surface area contributed by atoms with Gasteiger partial charge in [-0.1, -0.05) is 18.2 Å². The van der Waals surface area contributed by atoms with Gasteiger partial charge in [-0.25, -0.2) is 0 Å². The van der Waals surface area contributed by atoms with Crippen LogP contribution in [-0.2, 0) is 12.8 Å². The highest BCUT2D eigenvalue weighted by Gasteiger charge is 2.20. The largest absolute Gasteiger partial charge is 0.358 e. The Hall–Kier alpha value is -3.02. The SMILES string of the molecule is CN(CCc1ccncc1)c1cnnc(N2CCCc3ccccc32)n1. The van der Waals surface area contributed by atoms with Crippen LogP contribution in [0.4, 0.5) is 17.5 Å². The minimum atomic E-state index is 0.672. The number of hydrogen-bond acceptors (Lipinski definition) is 6. The molecule has 0 aliphatic carbocycles. The summed E-state index contributed by atoms with van der Waals surface area (Å²) in [5, 5.41) is 8.50. The lowest BCUT2D eigenvalue weighted by atomic mass is 10.0. The van der Waals surface area contributed by atoms with Crippen LogP contribution in [0.1, 0.15) is 17.5 Å². The van der Waals surface area contributed by atoms with E-state index < -0.39 is 0 Å². The van der Waals surface area contributed by atoms with Crippen LogP contribution >= 0.6 is 0 Å². The zero-order valence-corrected chi connectivity index (χ0v) is 14.9. The first-order valence-electron chi connectivity index (χ1n) is 8.96. The predicted molar refractivity (Wildman–Crippen MR) is 103 cm³/mol. The second kappa shape index (κ2) is 7.47. The Morgan fingerprint density at radius 3 is 2.85 bits per heavy atom. The summed E-state index contributed by atoms with van der Waals surface area (Å²) >= 11 is 0. The monoisotopic (exact) mass is 346 g/mol. The molecule has 0 radical (unpaired) electrons. The van der Waals surface area contributed by atoms with E-state index in [0.29, 0.717) is 5.95 Å². The molecular formula is C20H22N6. The van der Waals surface area contributed by atoms with Crippen molar-refractivity contribution < 1.29 is 0 Å². The van der Waals surface area contributed by atoms with Gasteiger partial charge in [-0.3, -0.25) is 4.98 Å². The fraction of sp³-hybridized carbons (Fsp3) is 0.300. The molecule has 0 unspecified atom stereocenters. The van der Waals surface area contributed by atoms with E-state index in [1.165, 1.54) is 16.8 Å². The first-order valence-corrected chi connectivity index (χ1v) is 8.96. The molecule has 0 saturated heterocycles. The third-order valence-electron chi connectivity index (χ3n) is 4.76. The van der Waals surface area contributed by atoms with Crippen molar-refractivity contribution in [1.82, 2.24) is 20.2 Å². The summed E-state index contributed by atoms with van der Waals surface area (Å²) in [4.78, 5) is 13.1. The molecule has 3 aromatic rings. The van der Waals surface area contributed by atoms with Gasteiger partial charge in [-0.2, -0.15) is 10.1 Å². The summed E-state index contributed by atoms with van der Waals surface area (Å²) in [6.07, 6.45) is 8.52. The molecule has 3 heterocycles. The van der Waals surface area contributed by atoms with Gasteiger partial charge in [-0.15, -0.1) is 5.10 Å². The standard InChI is InChI=1S/C20H22N6/c1-25(14-10-16-8-11-21-12-9-16)19-15-22-24-20(23-19)26-13-4-6-17-5-2-3-7-18(17)26/h2-3,5,7-9,11-12,15H,4,6,10,13-14H2,1H3. The van der Waals surface area contributed by atoms with Crippen molar-refractivity contribution in [3.05, 3.63) is 66.1 Å². The summed E-state index contributed by atoms with van der Waals surface area (Å²) in [5.41, 5.74) is 3.80. The summed E-state index contributed by atoms with van der Waals surface area (Å²) in [6, 6.07) is 12.6. The van der Waals surface area contributed by atoms with E-state index in [-0.39, 0.29) is 0 Å². The topological polar surface area (TPSA) is 58.0 Å². The molecule has 0 atom stereocenters. The molecule has 0 bridgehead atoms. The van der Waals surface area contributed by atoms with Gasteiger partial charge in [0.2, 0.25) is 0 Å². The van der Waals surface area contributed by atoms with Gasteiger partial charge in [0.05, 0.1) is 6.20 Å². The van der Waals surface area contributed by atoms with E-state index in [1.807, 2.05) is 31.6 Å². The molecule has 6 heteroatoms. The Balaban J connectivity index is 1.52. The van der Waals surface area contributed by atoms with Crippen LogP contribution in [0.15, 0.2) is 55.0 Å². The maximum absolute atomic E-state index is 4.77. The van der Waals surface area contributed by atoms with Crippen molar-refractivity contribution in [3.8, 4) is 0 Å². The van der Waals surface area contributed by atoms with Crippen molar-refractivity contribution in [1.29, 1.82) is 0 Å². The Bertz CT molecular complexity index is 867. The fourth-order valence-corrected chi connectivity index (χ4v) is 3.29. The molecule has 0 spiro atoms. The number of aryl methyl sites for hydroxylation is 1. The third kappa shape index (κ3) is 3.49. The normalized spacial score (nSPS) is 13.3. The van der Waals surface area contributed by atoms with Gasteiger partial charge in [0, 0.05) is 38.2 Å². The van der Waals surface area contributed by atoms with E-state index in [9.17, 15) is 0 Å². The molecule has 0 N–H and O–H groups in total. The van der Waals surface area contributed by atoms with Crippen molar-refractivity contribution >= 4 is 17.5 Å². The van der Waals surface area contributed by atoms with Crippen LogP contribution in [0, 0.1) is 0 Å². The van der Waals surface area contributed by atoms with Gasteiger partial charge >= 0.3 is 0 Å². The van der Waals surface area contributed by atoms with Crippen LogP contribution in [0.5, 0.6) is 0 Å². The average Bonchev–Trinajstić information content (AvgIpc) is 2.72. The molecule has 1 aliphatic heterocycles. The Morgan fingerprint density at radius 1 is 1.12 bits per heavy atom. The average molecular weight is 346 g/mol. The smallest absolute Gasteiger partial charge is 0.251 e. The second-order valence-electron chi connectivity index (χ2n) is 6.53. The van der Waals surface area contributed by atoms with Crippen LogP contribution in [-0.4, -0.2) is 40.3 Å². The summed E-state index contributed by atoms with van der Waals surface area (Å²) in [5.74, 6) is 1.51. The van der Waals surface area contributed by atoms with Gasteiger partial charge in [0.25, 0.3) is 5.95 Å². The van der Waals surface area contributed by atoms with Crippen molar-refractivity contribution in [2.24, 2.45) is 0 Å². The molecule has 1 aromatic carbocycles. The lowest BCUT2D eigenvalue weighted by molar-refractivity contribution is 0.737. The van der Waals surface area contributed by atoms with Gasteiger partial charge < -0.3 is 9.80 Å². The number of anilines is 3. The molecule has 1 aliphatic rings. The molecule has 132 valence electrons. The zero-order valence-electron chi connectivity index (χ0n) is 14.9. The number of rotatable bonds is 5. The van der Waals surface area contributed by atoms with Crippen molar-refractivity contribution in [2.45, 2.75) is 19.3 Å². The molecule has 0 saturated carbocycles. The predicted octanol–water partition coefficient (Wildman–Crippen LogP) is 3.03. The molecular weight excluding hydrogens is 324 g/mol. The molecule has 26 heavy (non-hydrogen) atoms. The molecule has 6 nitrogen and oxygen atoms in total. The number of benzene rings is 1. The maximum Gasteiger partial charge on any atom is 0.251 e. The van der Waals surface area contributed by atoms with Gasteiger partial charge in [0.1, 0.15) is 0 Å². The number of likely N-dealkylation sites (N-methyl/N-ethyl adjacent to an activating group) is 1. The fourth-order valence-electron chi connectivity index (χ4n) is 3.29. The van der Waals surface area contributed by atoms with Crippen LogP contribution in [0.25, 0.3) is 0 Å². The lowest BCUT2D eigenvalue weighted by Gasteiger charge is -2.29. The number of nitrogens with zero attached hydrogens (tertiary/aromatic N) is 6. The number of aromatic nitrogens is 4. The Morgan fingerprint density at radius 2 is 1.96 bits per heavy atom. The Labute approximate surface area is 153 Å². The van der Waals surface area contributed by atoms with Crippen LogP contribution < -0.4 is 9.80 Å². The summed E-state index contributed by atoms with van der Waals surface area (Å²) < 4.78 is 0. The molecule has 0 amide bonds. The first-order chi connectivity index (χ1) is 12.8. The minimum absolute atomic E-state index is 0.672. The third-order valence-corrected chi connectivity index (χ3v) is 4.76. The van der Waals surface area contributed by atoms with Gasteiger partial charge in [0.15, 0.2) is 5.82 Å². The highest BCUT2D eigenvalue weighted by Crippen LogP contribution is 2.31. The first kappa shape index (κ1) is 16.4. The van der Waals surface area contributed by atoms with Gasteiger partial charge in [-0.05, 0) is 48.6 Å². The molecule has 4 rings (SSSR count). The second-order valence-corrected chi connectivity index (χ2v) is 6.53. The van der Waals surface area contributed by atoms with E-state index in [2.05, 4.69) is 49.2 Å². The number of fused-ring (bicyclic) bond motifs is 1. The maximum atomic E-state index is 4.77. The van der Waals surface area contributed by atoms with Crippen LogP contribution in [0.2, 0.25) is 0 Å². The molecule has 2 aromatic heterocycles. The number of pyridine rings is 1. The van der Waals surface area contributed by atoms with E-state index in [0.717, 1.165) is 38.2 Å².